The van der Waals surface area contributed by atoms with Crippen LogP contribution in [0.4, 0.5) is 17.3 Å². The third-order valence-corrected chi connectivity index (χ3v) is 13.3. The minimum absolute atomic E-state index is 0.00438. The molecule has 3 N–H and O–H groups in total. The average molecular weight is 774 g/mol. The van der Waals surface area contributed by atoms with Gasteiger partial charge in [0.05, 0.1) is 36.1 Å². The lowest BCUT2D eigenvalue weighted by molar-refractivity contribution is -0.134. The summed E-state index contributed by atoms with van der Waals surface area (Å²) < 4.78 is 27.9. The highest BCUT2D eigenvalue weighted by Gasteiger charge is 2.53. The van der Waals surface area contributed by atoms with E-state index in [0.29, 0.717) is 60.0 Å². The van der Waals surface area contributed by atoms with Gasteiger partial charge in [-0.3, -0.25) is 24.4 Å². The van der Waals surface area contributed by atoms with Gasteiger partial charge >= 0.3 is 0 Å². The molecule has 1 spiro atoms. The number of piperidine rings is 1. The van der Waals surface area contributed by atoms with Gasteiger partial charge in [0, 0.05) is 91.4 Å². The fourth-order valence-corrected chi connectivity index (χ4v) is 9.63. The highest BCUT2D eigenvalue weighted by Crippen LogP contribution is 2.43. The number of likely N-dealkylation sites (tertiary alicyclic amines) is 1. The van der Waals surface area contributed by atoms with E-state index in [4.69, 9.17) is 4.98 Å². The molecule has 4 saturated heterocycles. The number of imide groups is 1. The first-order valence-electron chi connectivity index (χ1n) is 18.6. The first-order valence-corrected chi connectivity index (χ1v) is 20.2. The van der Waals surface area contributed by atoms with Crippen molar-refractivity contribution in [1.29, 1.82) is 5.26 Å². The van der Waals surface area contributed by atoms with Crippen molar-refractivity contribution in [2.75, 3.05) is 55.2 Å². The second kappa shape index (κ2) is 13.3. The van der Waals surface area contributed by atoms with Gasteiger partial charge in [-0.15, -0.1) is 0 Å². The van der Waals surface area contributed by atoms with E-state index in [1.165, 1.54) is 4.31 Å². The Morgan fingerprint density at radius 3 is 2.45 bits per heavy atom. The van der Waals surface area contributed by atoms with Crippen molar-refractivity contribution in [2.24, 2.45) is 5.41 Å². The summed E-state index contributed by atoms with van der Waals surface area (Å²) in [6, 6.07) is 19.3. The fourth-order valence-electron chi connectivity index (χ4n) is 8.39. The summed E-state index contributed by atoms with van der Waals surface area (Å²) in [4.78, 5) is 54.0. The Morgan fingerprint density at radius 1 is 1.00 bits per heavy atom. The summed E-state index contributed by atoms with van der Waals surface area (Å²) in [6.45, 7) is 5.04. The van der Waals surface area contributed by atoms with Gasteiger partial charge in [-0.05, 0) is 61.4 Å². The summed E-state index contributed by atoms with van der Waals surface area (Å²) in [7, 11) is -3.38. The standard InChI is InChI=1S/C39H39N11O5S/c1-2-56(54,55)49-23-39(24-49,14-15-40)50-18-27(17-42-50)33-31-13-16-41-34(31)46-37(45-33)43-28-7-3-26(4-8-28)36(53)48-21-38(22-48)19-47(20-38)29-9-5-25(6-10-29)30-11-12-32(51)44-35(30)52/h3-10,13,16-18,30H,2,11-12,14,19-24H2,1H3,(H,44,51,52)(H2,41,43,45,46). The van der Waals surface area contributed by atoms with Crippen molar-refractivity contribution in [3.05, 3.63) is 84.3 Å². The highest BCUT2D eigenvalue weighted by molar-refractivity contribution is 7.89. The summed E-state index contributed by atoms with van der Waals surface area (Å²) in [5.41, 5.74) is 4.52. The van der Waals surface area contributed by atoms with Crippen molar-refractivity contribution in [3.63, 3.8) is 0 Å². The van der Waals surface area contributed by atoms with Crippen LogP contribution in [-0.4, -0.2) is 105 Å². The SMILES string of the molecule is CCS(=O)(=O)N1CC(CC#N)(n2cc(-c3nc(Nc4ccc(C(=O)N5CC6(C5)CN(c5ccc(C7CCC(=O)NC7=O)cc5)C6)cc4)nc4[nH]ccc34)cn2)C1. The molecular weight excluding hydrogens is 735 g/mol. The van der Waals surface area contributed by atoms with Crippen LogP contribution < -0.4 is 15.5 Å². The minimum atomic E-state index is -3.38. The Morgan fingerprint density at radius 2 is 1.75 bits per heavy atom. The number of hydrogen-bond acceptors (Lipinski definition) is 11. The molecule has 4 aliphatic heterocycles. The van der Waals surface area contributed by atoms with Gasteiger partial charge in [0.1, 0.15) is 11.2 Å². The zero-order chi connectivity index (χ0) is 38.8. The number of carbonyl (C=O) groups excluding carboxylic acids is 3. The third kappa shape index (κ3) is 6.14. The van der Waals surface area contributed by atoms with Gasteiger partial charge in [-0.25, -0.2) is 13.4 Å². The number of nitrogens with zero attached hydrogens (tertiary/aromatic N) is 8. The summed E-state index contributed by atoms with van der Waals surface area (Å²) in [5.74, 6) is -0.441. The Kier molecular flexibility index (Phi) is 8.43. The van der Waals surface area contributed by atoms with E-state index in [-0.39, 0.29) is 54.3 Å². The quantitative estimate of drug-likeness (QED) is 0.176. The molecule has 286 valence electrons. The Hall–Kier alpha value is -6.12. The maximum atomic E-state index is 13.4. The predicted octanol–water partition coefficient (Wildman–Crippen LogP) is 3.32. The van der Waals surface area contributed by atoms with Crippen molar-refractivity contribution in [2.45, 2.75) is 37.6 Å². The van der Waals surface area contributed by atoms with Gasteiger partial charge in [0.2, 0.25) is 27.8 Å². The molecule has 7 heterocycles. The van der Waals surface area contributed by atoms with Crippen molar-refractivity contribution in [3.8, 4) is 17.3 Å². The van der Waals surface area contributed by atoms with E-state index < -0.39 is 15.6 Å². The zero-order valence-electron chi connectivity index (χ0n) is 30.6. The molecule has 3 amide bonds. The van der Waals surface area contributed by atoms with Crippen molar-refractivity contribution < 1.29 is 22.8 Å². The van der Waals surface area contributed by atoms with Crippen molar-refractivity contribution in [1.82, 2.24) is 39.3 Å². The molecule has 0 radical (unpaired) electrons. The molecule has 4 fully saturated rings. The molecule has 4 aliphatic rings. The van der Waals surface area contributed by atoms with Crippen LogP contribution in [0.1, 0.15) is 48.0 Å². The maximum Gasteiger partial charge on any atom is 0.253 e. The second-order valence-electron chi connectivity index (χ2n) is 15.4. The van der Waals surface area contributed by atoms with E-state index in [0.717, 1.165) is 29.7 Å². The Labute approximate surface area is 322 Å². The molecular formula is C39H39N11O5S. The van der Waals surface area contributed by atoms with Gasteiger partial charge in [0.25, 0.3) is 5.91 Å². The Balaban J connectivity index is 0.823. The van der Waals surface area contributed by atoms with Crippen LogP contribution in [0.2, 0.25) is 0 Å². The topological polar surface area (TPSA) is 202 Å². The lowest BCUT2D eigenvalue weighted by Gasteiger charge is -2.61. The van der Waals surface area contributed by atoms with Gasteiger partial charge in [0.15, 0.2) is 0 Å². The second-order valence-corrected chi connectivity index (χ2v) is 17.6. The molecule has 2 aromatic carbocycles. The number of aromatic nitrogens is 5. The number of H-pyrrole nitrogens is 1. The van der Waals surface area contributed by atoms with E-state index in [9.17, 15) is 28.1 Å². The number of anilines is 3. The lowest BCUT2D eigenvalue weighted by atomic mass is 9.72. The summed E-state index contributed by atoms with van der Waals surface area (Å²) in [5, 5.41) is 20.6. The molecule has 3 aromatic heterocycles. The van der Waals surface area contributed by atoms with Gasteiger partial charge in [-0.1, -0.05) is 12.1 Å². The minimum Gasteiger partial charge on any atom is -0.370 e. The molecule has 0 saturated carbocycles. The van der Waals surface area contributed by atoms with Crippen LogP contribution in [-0.2, 0) is 25.2 Å². The van der Waals surface area contributed by atoms with Crippen LogP contribution in [0.5, 0.6) is 0 Å². The van der Waals surface area contributed by atoms with E-state index >= 15 is 0 Å². The monoisotopic (exact) mass is 773 g/mol. The normalized spacial score (nSPS) is 20.2. The molecule has 0 bridgehead atoms. The summed E-state index contributed by atoms with van der Waals surface area (Å²) >= 11 is 0. The number of rotatable bonds is 10. The Bertz CT molecular complexity index is 2520. The number of nitrogens with one attached hydrogen (secondary N) is 3. The number of benzene rings is 2. The van der Waals surface area contributed by atoms with Crippen LogP contribution in [0, 0.1) is 16.7 Å². The number of carbonyl (C=O) groups is 3. The van der Waals surface area contributed by atoms with Crippen LogP contribution in [0.25, 0.3) is 22.3 Å². The van der Waals surface area contributed by atoms with Gasteiger partial charge < -0.3 is 20.1 Å². The number of nitriles is 1. The third-order valence-electron chi connectivity index (χ3n) is 11.5. The molecule has 1 unspecified atom stereocenters. The van der Waals surface area contributed by atoms with E-state index in [2.05, 4.69) is 36.7 Å². The molecule has 1 atom stereocenters. The smallest absolute Gasteiger partial charge is 0.253 e. The first kappa shape index (κ1) is 35.6. The number of hydrogen-bond donors (Lipinski definition) is 3. The molecule has 17 heteroatoms. The van der Waals surface area contributed by atoms with Crippen LogP contribution in [0.3, 0.4) is 0 Å². The number of amides is 3. The number of sulfonamides is 1. The molecule has 56 heavy (non-hydrogen) atoms. The fraction of sp³-hybridized carbons (Fsp3) is 0.359. The molecule has 16 nitrogen and oxygen atoms in total. The van der Waals surface area contributed by atoms with Gasteiger partial charge in [-0.2, -0.15) is 19.6 Å². The number of aromatic amines is 1. The highest BCUT2D eigenvalue weighted by atomic mass is 32.2. The molecule has 5 aromatic rings. The largest absolute Gasteiger partial charge is 0.370 e. The molecule has 9 rings (SSSR count). The maximum absolute atomic E-state index is 13.4. The van der Waals surface area contributed by atoms with Crippen LogP contribution >= 0.6 is 0 Å². The van der Waals surface area contributed by atoms with E-state index in [1.807, 2.05) is 47.4 Å². The summed E-state index contributed by atoms with van der Waals surface area (Å²) in [6.07, 6.45) is 6.24. The average Bonchev–Trinajstić information content (AvgIpc) is 3.83. The lowest BCUT2D eigenvalue weighted by Crippen LogP contribution is -2.73. The first-order chi connectivity index (χ1) is 27.0. The number of fused-ring (bicyclic) bond motifs is 1. The van der Waals surface area contributed by atoms with E-state index in [1.54, 1.807) is 42.3 Å². The van der Waals surface area contributed by atoms with Crippen molar-refractivity contribution >= 4 is 56.1 Å². The molecule has 0 aliphatic carbocycles. The predicted molar refractivity (Wildman–Crippen MR) is 206 cm³/mol. The zero-order valence-corrected chi connectivity index (χ0v) is 31.4. The van der Waals surface area contributed by atoms with Crippen LogP contribution in [0.15, 0.2) is 73.2 Å².